The zero-order valence-corrected chi connectivity index (χ0v) is 8.69. The van der Waals surface area contributed by atoms with Crippen LogP contribution in [0.5, 0.6) is 0 Å². The van der Waals surface area contributed by atoms with Gasteiger partial charge in [-0.05, 0) is 25.5 Å². The summed E-state index contributed by atoms with van der Waals surface area (Å²) < 4.78 is 1.91. The number of nitrogens with zero attached hydrogens (tertiary/aromatic N) is 2. The molecule has 2 aromatic rings. The number of aromatic carboxylic acids is 1. The highest BCUT2D eigenvalue weighted by Crippen LogP contribution is 2.13. The van der Waals surface area contributed by atoms with Crippen LogP contribution < -0.4 is 0 Å². The van der Waals surface area contributed by atoms with E-state index in [1.165, 1.54) is 0 Å². The molecule has 0 fully saturated rings. The molecule has 0 spiro atoms. The third kappa shape index (κ3) is 1.48. The Morgan fingerprint density at radius 1 is 1.60 bits per heavy atom. The number of aryl methyl sites for hydroxylation is 2. The summed E-state index contributed by atoms with van der Waals surface area (Å²) in [4.78, 5) is 15.1. The first-order valence-electron chi connectivity index (χ1n) is 4.84. The second-order valence-corrected chi connectivity index (χ2v) is 3.45. The van der Waals surface area contributed by atoms with Gasteiger partial charge in [0.2, 0.25) is 0 Å². The largest absolute Gasteiger partial charge is 0.478 e. The van der Waals surface area contributed by atoms with E-state index in [1.807, 2.05) is 18.2 Å². The first-order chi connectivity index (χ1) is 7.13. The molecule has 15 heavy (non-hydrogen) atoms. The Labute approximate surface area is 87.2 Å². The summed E-state index contributed by atoms with van der Waals surface area (Å²) in [5.74, 6) is -0.920. The van der Waals surface area contributed by atoms with E-state index >= 15 is 0 Å². The van der Waals surface area contributed by atoms with Gasteiger partial charge in [-0.25, -0.2) is 9.78 Å². The molecule has 0 aliphatic rings. The van der Waals surface area contributed by atoms with Crippen LogP contribution in [0.3, 0.4) is 0 Å². The van der Waals surface area contributed by atoms with Crippen molar-refractivity contribution in [1.29, 1.82) is 0 Å². The van der Waals surface area contributed by atoms with Crippen molar-refractivity contribution in [1.82, 2.24) is 9.38 Å². The predicted molar refractivity (Wildman–Crippen MR) is 56.3 cm³/mol. The van der Waals surface area contributed by atoms with Crippen LogP contribution >= 0.6 is 0 Å². The van der Waals surface area contributed by atoms with Gasteiger partial charge in [-0.2, -0.15) is 0 Å². The quantitative estimate of drug-likeness (QED) is 0.812. The minimum absolute atomic E-state index is 0.273. The molecule has 0 aliphatic carbocycles. The lowest BCUT2D eigenvalue weighted by Crippen LogP contribution is -1.97. The van der Waals surface area contributed by atoms with Crippen molar-refractivity contribution in [2.75, 3.05) is 0 Å². The van der Waals surface area contributed by atoms with Crippen molar-refractivity contribution in [2.24, 2.45) is 0 Å². The molecule has 2 rings (SSSR count). The lowest BCUT2D eigenvalue weighted by molar-refractivity contribution is 0.0697. The minimum Gasteiger partial charge on any atom is -0.478 e. The molecule has 2 heterocycles. The van der Waals surface area contributed by atoms with Gasteiger partial charge in [0.1, 0.15) is 5.65 Å². The Kier molecular flexibility index (Phi) is 2.19. The number of rotatable bonds is 2. The van der Waals surface area contributed by atoms with Gasteiger partial charge in [-0.3, -0.25) is 0 Å². The zero-order valence-electron chi connectivity index (χ0n) is 8.69. The average molecular weight is 204 g/mol. The fourth-order valence-electron chi connectivity index (χ4n) is 1.68. The van der Waals surface area contributed by atoms with Crippen molar-refractivity contribution in [3.05, 3.63) is 35.3 Å². The summed E-state index contributed by atoms with van der Waals surface area (Å²) >= 11 is 0. The van der Waals surface area contributed by atoms with Crippen LogP contribution in [-0.2, 0) is 6.42 Å². The number of hydrogen-bond donors (Lipinski definition) is 1. The fraction of sp³-hybridized carbons (Fsp3) is 0.273. The van der Waals surface area contributed by atoms with Crippen LogP contribution in [0.1, 0.15) is 28.7 Å². The lowest BCUT2D eigenvalue weighted by atomic mass is 10.2. The molecule has 4 nitrogen and oxygen atoms in total. The number of carboxylic acid groups (broad SMARTS) is 1. The van der Waals surface area contributed by atoms with Gasteiger partial charge in [0.05, 0.1) is 11.3 Å². The van der Waals surface area contributed by atoms with Crippen molar-refractivity contribution in [3.63, 3.8) is 0 Å². The number of fused-ring (bicyclic) bond motifs is 1. The van der Waals surface area contributed by atoms with Gasteiger partial charge in [-0.15, -0.1) is 0 Å². The van der Waals surface area contributed by atoms with E-state index in [0.717, 1.165) is 17.8 Å². The first-order valence-corrected chi connectivity index (χ1v) is 4.84. The van der Waals surface area contributed by atoms with Gasteiger partial charge in [0.15, 0.2) is 0 Å². The number of imidazole rings is 1. The molecular weight excluding hydrogens is 192 g/mol. The third-order valence-corrected chi connectivity index (χ3v) is 2.54. The summed E-state index contributed by atoms with van der Waals surface area (Å²) in [5.41, 5.74) is 3.06. The molecule has 0 aliphatic heterocycles. The Balaban J connectivity index is 2.68. The Morgan fingerprint density at radius 3 is 2.93 bits per heavy atom. The second kappa shape index (κ2) is 3.38. The molecule has 0 radical (unpaired) electrons. The number of carbonyl (C=O) groups is 1. The van der Waals surface area contributed by atoms with E-state index < -0.39 is 5.97 Å². The topological polar surface area (TPSA) is 54.6 Å². The normalized spacial score (nSPS) is 10.8. The molecule has 78 valence electrons. The maximum absolute atomic E-state index is 10.8. The van der Waals surface area contributed by atoms with Crippen molar-refractivity contribution < 1.29 is 9.90 Å². The number of aromatic nitrogens is 2. The summed E-state index contributed by atoms with van der Waals surface area (Å²) in [6.45, 7) is 4.02. The molecule has 0 bridgehead atoms. The van der Waals surface area contributed by atoms with E-state index in [4.69, 9.17) is 5.11 Å². The minimum atomic E-state index is -0.920. The van der Waals surface area contributed by atoms with Gasteiger partial charge in [-0.1, -0.05) is 6.92 Å². The molecule has 0 saturated heterocycles. The van der Waals surface area contributed by atoms with E-state index in [1.54, 1.807) is 18.3 Å². The standard InChI is InChI=1S/C11H12N2O2/c1-3-9-7(2)13-5-4-8(11(14)15)6-10(13)12-9/h4-6H,3H2,1-2H3,(H,14,15). The molecule has 0 saturated carbocycles. The van der Waals surface area contributed by atoms with E-state index in [-0.39, 0.29) is 5.56 Å². The van der Waals surface area contributed by atoms with Gasteiger partial charge in [0, 0.05) is 11.9 Å². The summed E-state index contributed by atoms with van der Waals surface area (Å²) in [5, 5.41) is 8.84. The van der Waals surface area contributed by atoms with E-state index in [0.29, 0.717) is 5.65 Å². The van der Waals surface area contributed by atoms with Crippen molar-refractivity contribution in [3.8, 4) is 0 Å². The number of carboxylic acids is 1. The maximum atomic E-state index is 10.8. The van der Waals surface area contributed by atoms with Crippen molar-refractivity contribution in [2.45, 2.75) is 20.3 Å². The molecule has 0 unspecified atom stereocenters. The SMILES string of the molecule is CCc1nc2cc(C(=O)O)ccn2c1C. The van der Waals surface area contributed by atoms with Crippen LogP contribution in [-0.4, -0.2) is 20.5 Å². The number of pyridine rings is 1. The van der Waals surface area contributed by atoms with Crippen LogP contribution in [0, 0.1) is 6.92 Å². The molecule has 0 aromatic carbocycles. The highest BCUT2D eigenvalue weighted by Gasteiger charge is 2.09. The highest BCUT2D eigenvalue weighted by atomic mass is 16.4. The second-order valence-electron chi connectivity index (χ2n) is 3.45. The summed E-state index contributed by atoms with van der Waals surface area (Å²) in [6.07, 6.45) is 2.61. The fourth-order valence-corrected chi connectivity index (χ4v) is 1.68. The third-order valence-electron chi connectivity index (χ3n) is 2.54. The molecule has 4 heteroatoms. The van der Waals surface area contributed by atoms with Crippen LogP contribution in [0.2, 0.25) is 0 Å². The monoisotopic (exact) mass is 204 g/mol. The molecule has 0 atom stereocenters. The van der Waals surface area contributed by atoms with Gasteiger partial charge >= 0.3 is 5.97 Å². The Bertz CT molecular complexity index is 529. The van der Waals surface area contributed by atoms with E-state index in [9.17, 15) is 4.79 Å². The Morgan fingerprint density at radius 2 is 2.33 bits per heavy atom. The highest BCUT2D eigenvalue weighted by molar-refractivity contribution is 5.88. The summed E-state index contributed by atoms with van der Waals surface area (Å²) in [7, 11) is 0. The Hall–Kier alpha value is -1.84. The van der Waals surface area contributed by atoms with Gasteiger partial charge in [0.25, 0.3) is 0 Å². The number of hydrogen-bond acceptors (Lipinski definition) is 2. The average Bonchev–Trinajstić information content (AvgIpc) is 2.55. The maximum Gasteiger partial charge on any atom is 0.335 e. The summed E-state index contributed by atoms with van der Waals surface area (Å²) in [6, 6.07) is 3.18. The smallest absolute Gasteiger partial charge is 0.335 e. The van der Waals surface area contributed by atoms with Crippen LogP contribution in [0.4, 0.5) is 0 Å². The van der Waals surface area contributed by atoms with E-state index in [2.05, 4.69) is 4.98 Å². The first kappa shape index (κ1) is 9.71. The molecule has 2 aromatic heterocycles. The zero-order chi connectivity index (χ0) is 11.0. The predicted octanol–water partition coefficient (Wildman–Crippen LogP) is 1.90. The van der Waals surface area contributed by atoms with Gasteiger partial charge < -0.3 is 9.51 Å². The lowest BCUT2D eigenvalue weighted by Gasteiger charge is -1.97. The molecule has 0 amide bonds. The van der Waals surface area contributed by atoms with Crippen LogP contribution in [0.25, 0.3) is 5.65 Å². The molecular formula is C11H12N2O2. The molecule has 1 N–H and O–H groups in total. The van der Waals surface area contributed by atoms with Crippen molar-refractivity contribution >= 4 is 11.6 Å². The van der Waals surface area contributed by atoms with Crippen LogP contribution in [0.15, 0.2) is 18.3 Å².